The zero-order valence-corrected chi connectivity index (χ0v) is 10.3. The Hall–Kier alpha value is -1.36. The van der Waals surface area contributed by atoms with Crippen LogP contribution in [0.25, 0.3) is 0 Å². The Labute approximate surface area is 102 Å². The van der Waals surface area contributed by atoms with Crippen LogP contribution >= 0.6 is 0 Å². The van der Waals surface area contributed by atoms with Crippen molar-refractivity contribution < 1.29 is 9.47 Å². The summed E-state index contributed by atoms with van der Waals surface area (Å²) in [6, 6.07) is 0. The van der Waals surface area contributed by atoms with Gasteiger partial charge >= 0.3 is 0 Å². The van der Waals surface area contributed by atoms with Crippen molar-refractivity contribution in [3.05, 3.63) is 12.4 Å². The molecule has 0 aromatic carbocycles. The van der Waals surface area contributed by atoms with Gasteiger partial charge in [0, 0.05) is 6.54 Å². The summed E-state index contributed by atoms with van der Waals surface area (Å²) in [5.74, 6) is 1.05. The molecule has 0 unspecified atom stereocenters. The molecule has 0 amide bonds. The van der Waals surface area contributed by atoms with E-state index in [1.165, 1.54) is 0 Å². The zero-order chi connectivity index (χ0) is 12.1. The van der Waals surface area contributed by atoms with E-state index < -0.39 is 0 Å². The van der Waals surface area contributed by atoms with Gasteiger partial charge in [-0.25, -0.2) is 0 Å². The molecule has 5 heteroatoms. The summed E-state index contributed by atoms with van der Waals surface area (Å²) in [4.78, 5) is 8.34. The Kier molecular flexibility index (Phi) is 4.14. The number of piperidine rings is 1. The van der Waals surface area contributed by atoms with Crippen molar-refractivity contribution in [3.63, 3.8) is 0 Å². The summed E-state index contributed by atoms with van der Waals surface area (Å²) < 4.78 is 11.2. The lowest BCUT2D eigenvalue weighted by molar-refractivity contribution is 0.155. The number of hydrogen-bond acceptors (Lipinski definition) is 5. The highest BCUT2D eigenvalue weighted by Gasteiger charge is 2.15. The van der Waals surface area contributed by atoms with E-state index in [0.717, 1.165) is 25.9 Å². The van der Waals surface area contributed by atoms with Crippen LogP contribution in [0.3, 0.4) is 0 Å². The molecule has 1 saturated heterocycles. The van der Waals surface area contributed by atoms with E-state index in [1.807, 2.05) is 13.8 Å². The van der Waals surface area contributed by atoms with E-state index in [9.17, 15) is 0 Å². The van der Waals surface area contributed by atoms with Crippen molar-refractivity contribution in [2.24, 2.45) is 0 Å². The smallest absolute Gasteiger partial charge is 0.235 e. The SMILES string of the molecule is CC(C)Oc1cncc(O[C@H]2CCCNC2)n1. The molecule has 1 aromatic rings. The van der Waals surface area contributed by atoms with Crippen molar-refractivity contribution in [1.29, 1.82) is 0 Å². The minimum absolute atomic E-state index is 0.0934. The molecule has 94 valence electrons. The molecule has 0 aliphatic carbocycles. The molecule has 2 rings (SSSR count). The summed E-state index contributed by atoms with van der Waals surface area (Å²) in [6.45, 7) is 5.86. The molecule has 2 heterocycles. The summed E-state index contributed by atoms with van der Waals surface area (Å²) in [5, 5.41) is 3.30. The minimum Gasteiger partial charge on any atom is -0.474 e. The number of hydrogen-bond donors (Lipinski definition) is 1. The molecule has 0 spiro atoms. The monoisotopic (exact) mass is 237 g/mol. The minimum atomic E-state index is 0.0934. The Morgan fingerprint density at radius 2 is 2.18 bits per heavy atom. The van der Waals surface area contributed by atoms with E-state index in [-0.39, 0.29) is 12.2 Å². The first-order valence-electron chi connectivity index (χ1n) is 6.10. The molecule has 0 saturated carbocycles. The van der Waals surface area contributed by atoms with Crippen LogP contribution in [0.2, 0.25) is 0 Å². The third-order valence-corrected chi connectivity index (χ3v) is 2.49. The van der Waals surface area contributed by atoms with Crippen LogP contribution in [0.4, 0.5) is 0 Å². The van der Waals surface area contributed by atoms with E-state index in [0.29, 0.717) is 11.8 Å². The predicted molar refractivity (Wildman–Crippen MR) is 64.3 cm³/mol. The van der Waals surface area contributed by atoms with Gasteiger partial charge in [-0.05, 0) is 33.2 Å². The van der Waals surface area contributed by atoms with Crippen molar-refractivity contribution in [2.45, 2.75) is 38.9 Å². The molecular weight excluding hydrogens is 218 g/mol. The van der Waals surface area contributed by atoms with Crippen molar-refractivity contribution in [1.82, 2.24) is 15.3 Å². The third-order valence-electron chi connectivity index (χ3n) is 2.49. The highest BCUT2D eigenvalue weighted by molar-refractivity contribution is 5.13. The quantitative estimate of drug-likeness (QED) is 0.857. The van der Waals surface area contributed by atoms with Crippen molar-refractivity contribution in [2.75, 3.05) is 13.1 Å². The largest absolute Gasteiger partial charge is 0.474 e. The maximum absolute atomic E-state index is 5.76. The van der Waals surface area contributed by atoms with Crippen LogP contribution in [0.5, 0.6) is 11.8 Å². The van der Waals surface area contributed by atoms with E-state index in [2.05, 4.69) is 15.3 Å². The van der Waals surface area contributed by atoms with Crippen LogP contribution in [-0.2, 0) is 0 Å². The first-order valence-corrected chi connectivity index (χ1v) is 6.10. The van der Waals surface area contributed by atoms with Gasteiger partial charge in [0.1, 0.15) is 6.10 Å². The fourth-order valence-corrected chi connectivity index (χ4v) is 1.78. The van der Waals surface area contributed by atoms with Crippen LogP contribution < -0.4 is 14.8 Å². The van der Waals surface area contributed by atoms with Gasteiger partial charge in [0.15, 0.2) is 0 Å². The Balaban J connectivity index is 1.95. The number of ether oxygens (including phenoxy) is 2. The van der Waals surface area contributed by atoms with Crippen LogP contribution in [0.1, 0.15) is 26.7 Å². The summed E-state index contributed by atoms with van der Waals surface area (Å²) in [7, 11) is 0. The summed E-state index contributed by atoms with van der Waals surface area (Å²) in [5.41, 5.74) is 0. The molecule has 1 atom stereocenters. The number of aromatic nitrogens is 2. The van der Waals surface area contributed by atoms with Gasteiger partial charge in [0.05, 0.1) is 18.5 Å². The maximum atomic E-state index is 5.76. The number of nitrogens with zero attached hydrogens (tertiary/aromatic N) is 2. The first-order chi connectivity index (χ1) is 8.24. The lowest BCUT2D eigenvalue weighted by Crippen LogP contribution is -2.37. The predicted octanol–water partition coefficient (Wildman–Crippen LogP) is 1.39. The number of nitrogens with one attached hydrogen (secondary N) is 1. The molecule has 1 aliphatic rings. The van der Waals surface area contributed by atoms with Crippen molar-refractivity contribution >= 4 is 0 Å². The van der Waals surface area contributed by atoms with Crippen molar-refractivity contribution in [3.8, 4) is 11.8 Å². The van der Waals surface area contributed by atoms with Crippen LogP contribution in [-0.4, -0.2) is 35.3 Å². The first kappa shape index (κ1) is 12.1. The summed E-state index contributed by atoms with van der Waals surface area (Å²) >= 11 is 0. The van der Waals surface area contributed by atoms with Gasteiger partial charge in [0.25, 0.3) is 0 Å². The average Bonchev–Trinajstić information content (AvgIpc) is 2.30. The lowest BCUT2D eigenvalue weighted by atomic mass is 10.1. The Morgan fingerprint density at radius 3 is 2.88 bits per heavy atom. The molecule has 5 nitrogen and oxygen atoms in total. The molecule has 0 radical (unpaired) electrons. The van der Waals surface area contributed by atoms with Gasteiger partial charge in [-0.2, -0.15) is 4.98 Å². The van der Waals surface area contributed by atoms with Gasteiger partial charge in [-0.1, -0.05) is 0 Å². The summed E-state index contributed by atoms with van der Waals surface area (Å²) in [6.07, 6.45) is 5.71. The fraction of sp³-hybridized carbons (Fsp3) is 0.667. The maximum Gasteiger partial charge on any atom is 0.235 e. The fourth-order valence-electron chi connectivity index (χ4n) is 1.78. The molecule has 1 fully saturated rings. The van der Waals surface area contributed by atoms with Gasteiger partial charge in [0.2, 0.25) is 11.8 Å². The van der Waals surface area contributed by atoms with E-state index in [1.54, 1.807) is 12.4 Å². The highest BCUT2D eigenvalue weighted by atomic mass is 16.5. The molecule has 0 bridgehead atoms. The molecule has 1 N–H and O–H groups in total. The van der Waals surface area contributed by atoms with Gasteiger partial charge in [-0.3, -0.25) is 4.98 Å². The lowest BCUT2D eigenvalue weighted by Gasteiger charge is -2.23. The average molecular weight is 237 g/mol. The molecule has 1 aliphatic heterocycles. The number of rotatable bonds is 4. The van der Waals surface area contributed by atoms with Gasteiger partial charge < -0.3 is 14.8 Å². The molecule has 17 heavy (non-hydrogen) atoms. The van der Waals surface area contributed by atoms with Crippen LogP contribution in [0.15, 0.2) is 12.4 Å². The Morgan fingerprint density at radius 1 is 1.35 bits per heavy atom. The normalized spacial score (nSPS) is 20.3. The van der Waals surface area contributed by atoms with E-state index >= 15 is 0 Å². The second-order valence-corrected chi connectivity index (χ2v) is 4.45. The highest BCUT2D eigenvalue weighted by Crippen LogP contribution is 2.16. The Bertz CT molecular complexity index is 351. The molecule has 1 aromatic heterocycles. The second kappa shape index (κ2) is 5.82. The standard InChI is InChI=1S/C12H19N3O2/c1-9(2)16-11-7-14-8-12(15-11)17-10-4-3-5-13-6-10/h7-10,13H,3-6H2,1-2H3/t10-/m0/s1. The second-order valence-electron chi connectivity index (χ2n) is 4.45. The zero-order valence-electron chi connectivity index (χ0n) is 10.3. The van der Waals surface area contributed by atoms with Crippen LogP contribution in [0, 0.1) is 0 Å². The third kappa shape index (κ3) is 3.85. The van der Waals surface area contributed by atoms with Gasteiger partial charge in [-0.15, -0.1) is 0 Å². The topological polar surface area (TPSA) is 56.3 Å². The molecular formula is C12H19N3O2. The van der Waals surface area contributed by atoms with E-state index in [4.69, 9.17) is 9.47 Å².